The molecule has 0 aliphatic carbocycles. The van der Waals surface area contributed by atoms with Crippen molar-refractivity contribution in [2.45, 2.75) is 13.5 Å². The van der Waals surface area contributed by atoms with Crippen molar-refractivity contribution < 1.29 is 9.72 Å². The molecule has 0 N–H and O–H groups in total. The second kappa shape index (κ2) is 7.72. The Labute approximate surface area is 170 Å². The van der Waals surface area contributed by atoms with Crippen LogP contribution < -0.4 is 10.5 Å². The van der Waals surface area contributed by atoms with E-state index in [-0.39, 0.29) is 17.0 Å². The van der Waals surface area contributed by atoms with Crippen molar-refractivity contribution in [2.24, 2.45) is 0 Å². The fourth-order valence-corrected chi connectivity index (χ4v) is 4.24. The molecule has 1 aliphatic rings. The molecular formula is C19H19N5O4S. The van der Waals surface area contributed by atoms with Gasteiger partial charge in [0, 0.05) is 62.0 Å². The van der Waals surface area contributed by atoms with E-state index in [9.17, 15) is 19.7 Å². The molecule has 150 valence electrons. The average molecular weight is 413 g/mol. The highest BCUT2D eigenvalue weighted by atomic mass is 32.1. The zero-order valence-electron chi connectivity index (χ0n) is 15.8. The zero-order chi connectivity index (χ0) is 20.5. The zero-order valence-corrected chi connectivity index (χ0v) is 16.6. The van der Waals surface area contributed by atoms with Crippen LogP contribution in [0.15, 0.2) is 40.6 Å². The molecule has 1 saturated heterocycles. The molecule has 0 bridgehead atoms. The number of fused-ring (bicyclic) bond motifs is 1. The Morgan fingerprint density at radius 3 is 2.69 bits per heavy atom. The van der Waals surface area contributed by atoms with Gasteiger partial charge in [-0.25, -0.2) is 4.98 Å². The molecule has 3 heterocycles. The fraction of sp³-hybridized carbons (Fsp3) is 0.316. The molecule has 1 aliphatic heterocycles. The van der Waals surface area contributed by atoms with Crippen LogP contribution in [0.1, 0.15) is 23.0 Å². The highest BCUT2D eigenvalue weighted by Crippen LogP contribution is 2.30. The number of nitro benzene ring substituents is 1. The smallest absolute Gasteiger partial charge is 0.293 e. The van der Waals surface area contributed by atoms with Crippen molar-refractivity contribution in [2.75, 3.05) is 31.1 Å². The molecule has 0 amide bonds. The first-order valence-corrected chi connectivity index (χ1v) is 10.0. The molecule has 10 heteroatoms. The summed E-state index contributed by atoms with van der Waals surface area (Å²) >= 11 is 1.42. The van der Waals surface area contributed by atoms with E-state index in [1.165, 1.54) is 28.7 Å². The van der Waals surface area contributed by atoms with Gasteiger partial charge in [-0.3, -0.25) is 29.0 Å². The number of benzene rings is 1. The molecule has 9 nitrogen and oxygen atoms in total. The van der Waals surface area contributed by atoms with E-state index < -0.39 is 4.92 Å². The Kier molecular flexibility index (Phi) is 5.12. The molecule has 29 heavy (non-hydrogen) atoms. The van der Waals surface area contributed by atoms with Gasteiger partial charge in [0.15, 0.2) is 10.7 Å². The number of piperazine rings is 1. The lowest BCUT2D eigenvalue weighted by Gasteiger charge is -2.35. The topological polar surface area (TPSA) is 101 Å². The van der Waals surface area contributed by atoms with Gasteiger partial charge < -0.3 is 4.90 Å². The molecule has 0 radical (unpaired) electrons. The third kappa shape index (κ3) is 3.89. The van der Waals surface area contributed by atoms with Gasteiger partial charge in [0.05, 0.1) is 10.6 Å². The van der Waals surface area contributed by atoms with Crippen LogP contribution in [0.5, 0.6) is 0 Å². The minimum Gasteiger partial charge on any atom is -0.363 e. The second-order valence-electron chi connectivity index (χ2n) is 6.92. The minimum absolute atomic E-state index is 0.0519. The number of anilines is 1. The summed E-state index contributed by atoms with van der Waals surface area (Å²) < 4.78 is 1.52. The number of carbonyl (C=O) groups is 1. The fourth-order valence-electron chi connectivity index (χ4n) is 3.50. The van der Waals surface area contributed by atoms with E-state index in [1.54, 1.807) is 24.4 Å². The number of nitrogens with zero attached hydrogens (tertiary/aromatic N) is 5. The average Bonchev–Trinajstić information content (AvgIpc) is 3.17. The van der Waals surface area contributed by atoms with Crippen molar-refractivity contribution in [3.05, 3.63) is 67.6 Å². The summed E-state index contributed by atoms with van der Waals surface area (Å²) in [6.45, 7) is 4.56. The number of hydrogen-bond donors (Lipinski definition) is 0. The predicted molar refractivity (Wildman–Crippen MR) is 110 cm³/mol. The van der Waals surface area contributed by atoms with Gasteiger partial charge in [0.2, 0.25) is 0 Å². The Hall–Kier alpha value is -3.11. The molecule has 3 aromatic rings. The number of carbonyl (C=O) groups excluding carboxylic acids is 1. The number of ketones is 1. The Morgan fingerprint density at radius 1 is 1.24 bits per heavy atom. The summed E-state index contributed by atoms with van der Waals surface area (Å²) in [6, 6.07) is 6.18. The summed E-state index contributed by atoms with van der Waals surface area (Å²) in [5, 5.41) is 13.3. The number of nitro groups is 1. The number of aromatic nitrogens is 2. The van der Waals surface area contributed by atoms with Crippen molar-refractivity contribution in [3.8, 4) is 0 Å². The lowest BCUT2D eigenvalue weighted by Crippen LogP contribution is -2.46. The third-order valence-electron chi connectivity index (χ3n) is 5.03. The van der Waals surface area contributed by atoms with E-state index >= 15 is 0 Å². The van der Waals surface area contributed by atoms with Gasteiger partial charge in [-0.15, -0.1) is 11.3 Å². The van der Waals surface area contributed by atoms with Crippen LogP contribution in [0.2, 0.25) is 0 Å². The van der Waals surface area contributed by atoms with Crippen LogP contribution in [0.4, 0.5) is 11.4 Å². The Bertz CT molecular complexity index is 1150. The van der Waals surface area contributed by atoms with Crippen LogP contribution in [-0.4, -0.2) is 51.2 Å². The summed E-state index contributed by atoms with van der Waals surface area (Å²) in [7, 11) is 0. The van der Waals surface area contributed by atoms with Crippen molar-refractivity contribution in [1.82, 2.24) is 14.3 Å². The number of rotatable bonds is 5. The number of thiazole rings is 1. The minimum atomic E-state index is -0.443. The number of Topliss-reactive ketones (excluding diaryl/α,β-unsaturated/α-hetero) is 1. The maximum Gasteiger partial charge on any atom is 0.293 e. The van der Waals surface area contributed by atoms with E-state index in [0.29, 0.717) is 48.9 Å². The summed E-state index contributed by atoms with van der Waals surface area (Å²) in [5.41, 5.74) is 1.44. The van der Waals surface area contributed by atoms with Crippen LogP contribution in [0.25, 0.3) is 4.96 Å². The molecule has 1 fully saturated rings. The maximum absolute atomic E-state index is 12.1. The third-order valence-corrected chi connectivity index (χ3v) is 5.79. The van der Waals surface area contributed by atoms with Gasteiger partial charge in [0.1, 0.15) is 5.69 Å². The highest BCUT2D eigenvalue weighted by molar-refractivity contribution is 7.15. The first-order chi connectivity index (χ1) is 13.9. The van der Waals surface area contributed by atoms with Crippen molar-refractivity contribution in [1.29, 1.82) is 0 Å². The second-order valence-corrected chi connectivity index (χ2v) is 7.79. The largest absolute Gasteiger partial charge is 0.363 e. The van der Waals surface area contributed by atoms with E-state index in [1.807, 2.05) is 10.3 Å². The van der Waals surface area contributed by atoms with E-state index in [2.05, 4.69) is 9.88 Å². The highest BCUT2D eigenvalue weighted by Gasteiger charge is 2.25. The molecule has 1 aromatic carbocycles. The first-order valence-electron chi connectivity index (χ1n) is 9.15. The summed E-state index contributed by atoms with van der Waals surface area (Å²) in [6.07, 6.45) is 1.71. The van der Waals surface area contributed by atoms with Crippen LogP contribution in [0.3, 0.4) is 0 Å². The van der Waals surface area contributed by atoms with Crippen LogP contribution in [0, 0.1) is 10.1 Å². The first kappa shape index (κ1) is 19.2. The van der Waals surface area contributed by atoms with Gasteiger partial charge in [-0.05, 0) is 19.1 Å². The molecule has 0 atom stereocenters. The SMILES string of the molecule is CC(=O)c1ccc(N2CCN(Cc3cc(=O)n4ccsc4n3)CC2)c([N+](=O)[O-])c1. The quantitative estimate of drug-likeness (QED) is 0.359. The Balaban J connectivity index is 1.47. The standard InChI is InChI=1S/C19H19N5O4S/c1-13(25)14-2-3-16(17(10-14)24(27)28)22-6-4-21(5-7-22)12-15-11-18(26)23-8-9-29-19(23)20-15/h2-3,8-11H,4-7,12H2,1H3. The summed E-state index contributed by atoms with van der Waals surface area (Å²) in [4.78, 5) is 44.1. The van der Waals surface area contributed by atoms with Crippen molar-refractivity contribution >= 4 is 33.5 Å². The van der Waals surface area contributed by atoms with Crippen LogP contribution in [-0.2, 0) is 6.54 Å². The predicted octanol–water partition coefficient (Wildman–Crippen LogP) is 2.19. The lowest BCUT2D eigenvalue weighted by molar-refractivity contribution is -0.384. The normalized spacial score (nSPS) is 15.0. The van der Waals surface area contributed by atoms with E-state index in [0.717, 1.165) is 5.69 Å². The molecule has 0 unspecified atom stereocenters. The lowest BCUT2D eigenvalue weighted by atomic mass is 10.1. The van der Waals surface area contributed by atoms with Crippen LogP contribution >= 0.6 is 11.3 Å². The summed E-state index contributed by atoms with van der Waals surface area (Å²) in [5.74, 6) is -0.199. The monoisotopic (exact) mass is 413 g/mol. The molecule has 0 spiro atoms. The number of hydrogen-bond acceptors (Lipinski definition) is 8. The van der Waals surface area contributed by atoms with E-state index in [4.69, 9.17) is 0 Å². The van der Waals surface area contributed by atoms with Gasteiger partial charge in [0.25, 0.3) is 11.2 Å². The molecular weight excluding hydrogens is 394 g/mol. The van der Waals surface area contributed by atoms with Gasteiger partial charge in [-0.2, -0.15) is 0 Å². The molecule has 2 aromatic heterocycles. The maximum atomic E-state index is 12.1. The molecule has 0 saturated carbocycles. The van der Waals surface area contributed by atoms with Gasteiger partial charge in [-0.1, -0.05) is 0 Å². The van der Waals surface area contributed by atoms with Gasteiger partial charge >= 0.3 is 0 Å². The Morgan fingerprint density at radius 2 is 2.00 bits per heavy atom. The van der Waals surface area contributed by atoms with Crippen molar-refractivity contribution in [3.63, 3.8) is 0 Å². The molecule has 4 rings (SSSR count).